The van der Waals surface area contributed by atoms with Crippen molar-refractivity contribution in [2.24, 2.45) is 0 Å². The van der Waals surface area contributed by atoms with Gasteiger partial charge in [-0.1, -0.05) is 17.7 Å². The highest BCUT2D eigenvalue weighted by Gasteiger charge is 2.23. The van der Waals surface area contributed by atoms with Crippen LogP contribution < -0.4 is 10.1 Å². The molecule has 0 fully saturated rings. The summed E-state index contributed by atoms with van der Waals surface area (Å²) >= 11 is 0. The van der Waals surface area contributed by atoms with Crippen molar-refractivity contribution in [1.82, 2.24) is 10.3 Å². The number of nitrogens with zero attached hydrogens (tertiary/aromatic N) is 1. The fraction of sp³-hybridized carbons (Fsp3) is 0.353. The Morgan fingerprint density at radius 3 is 2.90 bits per heavy atom. The summed E-state index contributed by atoms with van der Waals surface area (Å²) < 4.78 is 5.97. The van der Waals surface area contributed by atoms with E-state index in [2.05, 4.69) is 42.3 Å². The third-order valence-electron chi connectivity index (χ3n) is 3.82. The Morgan fingerprint density at radius 2 is 2.10 bits per heavy atom. The first-order valence-electron chi connectivity index (χ1n) is 7.12. The molecular formula is C17H20N2O. The minimum atomic E-state index is 0.232. The number of hydrogen-bond donors (Lipinski definition) is 1. The first-order chi connectivity index (χ1) is 9.72. The summed E-state index contributed by atoms with van der Waals surface area (Å²) in [7, 11) is 0. The average molecular weight is 268 g/mol. The molecule has 1 unspecified atom stereocenters. The van der Waals surface area contributed by atoms with E-state index in [0.29, 0.717) is 6.04 Å². The van der Waals surface area contributed by atoms with Crippen molar-refractivity contribution in [3.8, 4) is 5.75 Å². The van der Waals surface area contributed by atoms with Crippen molar-refractivity contribution < 1.29 is 4.74 Å². The highest BCUT2D eigenvalue weighted by Crippen LogP contribution is 2.29. The highest BCUT2D eigenvalue weighted by atomic mass is 16.5. The van der Waals surface area contributed by atoms with E-state index in [9.17, 15) is 0 Å². The zero-order chi connectivity index (χ0) is 13.9. The molecule has 2 aromatic rings. The number of rotatable bonds is 4. The number of benzene rings is 1. The highest BCUT2D eigenvalue weighted by molar-refractivity contribution is 5.40. The van der Waals surface area contributed by atoms with E-state index in [1.807, 2.05) is 24.5 Å². The smallest absolute Gasteiger partial charge is 0.123 e. The van der Waals surface area contributed by atoms with Gasteiger partial charge in [-0.25, -0.2) is 0 Å². The molecule has 1 aromatic carbocycles. The summed E-state index contributed by atoms with van der Waals surface area (Å²) in [6.07, 6.45) is 4.89. The number of aromatic nitrogens is 1. The van der Waals surface area contributed by atoms with Crippen molar-refractivity contribution in [3.63, 3.8) is 0 Å². The standard InChI is InChI=1S/C17H20N2O/c1-12-3-4-17-15(9-12)10-16(20-17)11-19-13(2)14-5-7-18-8-6-14/h3-9,13,16,19H,10-11H2,1-2H3/t13-,16?/m0/s1. The summed E-state index contributed by atoms with van der Waals surface area (Å²) in [4.78, 5) is 4.05. The number of fused-ring (bicyclic) bond motifs is 1. The van der Waals surface area contributed by atoms with Gasteiger partial charge in [-0.3, -0.25) is 4.98 Å². The van der Waals surface area contributed by atoms with E-state index in [1.165, 1.54) is 16.7 Å². The monoisotopic (exact) mass is 268 g/mol. The van der Waals surface area contributed by atoms with Gasteiger partial charge in [0.25, 0.3) is 0 Å². The molecule has 1 aliphatic rings. The Bertz CT molecular complexity index is 583. The van der Waals surface area contributed by atoms with Crippen LogP contribution in [0.3, 0.4) is 0 Å². The summed E-state index contributed by atoms with van der Waals surface area (Å²) in [6.45, 7) is 5.15. The fourth-order valence-corrected chi connectivity index (χ4v) is 2.64. The third-order valence-corrected chi connectivity index (χ3v) is 3.82. The minimum absolute atomic E-state index is 0.232. The van der Waals surface area contributed by atoms with Gasteiger partial charge in [-0.15, -0.1) is 0 Å². The molecule has 1 N–H and O–H groups in total. The molecule has 104 valence electrons. The Balaban J connectivity index is 1.56. The van der Waals surface area contributed by atoms with Gasteiger partial charge in [-0.2, -0.15) is 0 Å². The lowest BCUT2D eigenvalue weighted by molar-refractivity contribution is 0.222. The van der Waals surface area contributed by atoms with Gasteiger partial charge >= 0.3 is 0 Å². The van der Waals surface area contributed by atoms with Crippen LogP contribution in [0.1, 0.15) is 29.7 Å². The van der Waals surface area contributed by atoms with Gasteiger partial charge < -0.3 is 10.1 Å². The van der Waals surface area contributed by atoms with Gasteiger partial charge in [0.2, 0.25) is 0 Å². The first-order valence-corrected chi connectivity index (χ1v) is 7.12. The van der Waals surface area contributed by atoms with Crippen molar-refractivity contribution in [2.75, 3.05) is 6.54 Å². The summed E-state index contributed by atoms with van der Waals surface area (Å²) in [6, 6.07) is 10.8. The van der Waals surface area contributed by atoms with E-state index < -0.39 is 0 Å². The molecule has 2 atom stereocenters. The second-order valence-electron chi connectivity index (χ2n) is 5.47. The number of pyridine rings is 1. The lowest BCUT2D eigenvalue weighted by Crippen LogP contribution is -2.31. The normalized spacial score (nSPS) is 18.4. The van der Waals surface area contributed by atoms with Crippen LogP contribution in [0.25, 0.3) is 0 Å². The van der Waals surface area contributed by atoms with Crippen molar-refractivity contribution in [3.05, 3.63) is 59.4 Å². The predicted octanol–water partition coefficient (Wildman–Crippen LogP) is 3.04. The molecule has 3 heteroatoms. The van der Waals surface area contributed by atoms with Crippen LogP contribution in [0, 0.1) is 6.92 Å². The van der Waals surface area contributed by atoms with Crippen LogP contribution in [0.5, 0.6) is 5.75 Å². The lowest BCUT2D eigenvalue weighted by atomic mass is 10.1. The molecule has 3 nitrogen and oxygen atoms in total. The first kappa shape index (κ1) is 13.1. The SMILES string of the molecule is Cc1ccc2c(c1)CC(CN[C@@H](C)c1ccncc1)O2. The van der Waals surface area contributed by atoms with Crippen LogP contribution in [0.4, 0.5) is 0 Å². The van der Waals surface area contributed by atoms with Crippen molar-refractivity contribution in [2.45, 2.75) is 32.4 Å². The zero-order valence-electron chi connectivity index (χ0n) is 12.0. The maximum Gasteiger partial charge on any atom is 0.123 e. The number of nitrogens with one attached hydrogen (secondary N) is 1. The van der Waals surface area contributed by atoms with Gasteiger partial charge in [0.05, 0.1) is 0 Å². The molecule has 20 heavy (non-hydrogen) atoms. The van der Waals surface area contributed by atoms with Crippen LogP contribution >= 0.6 is 0 Å². The van der Waals surface area contributed by atoms with E-state index in [4.69, 9.17) is 4.74 Å². The van der Waals surface area contributed by atoms with Crippen LogP contribution in [0.2, 0.25) is 0 Å². The molecule has 2 heterocycles. The molecule has 0 spiro atoms. The van der Waals surface area contributed by atoms with Gasteiger partial charge in [0, 0.05) is 31.4 Å². The topological polar surface area (TPSA) is 34.2 Å². The molecule has 1 aliphatic heterocycles. The summed E-state index contributed by atoms with van der Waals surface area (Å²) in [5.41, 5.74) is 3.88. The second kappa shape index (κ2) is 5.63. The van der Waals surface area contributed by atoms with E-state index in [1.54, 1.807) is 0 Å². The molecule has 0 bridgehead atoms. The second-order valence-corrected chi connectivity index (χ2v) is 5.47. The Hall–Kier alpha value is -1.87. The number of ether oxygens (including phenoxy) is 1. The van der Waals surface area contributed by atoms with Crippen LogP contribution in [-0.4, -0.2) is 17.6 Å². The third kappa shape index (κ3) is 2.83. The van der Waals surface area contributed by atoms with Crippen molar-refractivity contribution in [1.29, 1.82) is 0 Å². The Kier molecular flexibility index (Phi) is 3.70. The quantitative estimate of drug-likeness (QED) is 0.925. The molecule has 0 aliphatic carbocycles. The maximum absolute atomic E-state index is 5.97. The van der Waals surface area contributed by atoms with Gasteiger partial charge in [0.15, 0.2) is 0 Å². The predicted molar refractivity (Wildman–Crippen MR) is 80.0 cm³/mol. The van der Waals surface area contributed by atoms with Crippen molar-refractivity contribution >= 4 is 0 Å². The van der Waals surface area contributed by atoms with E-state index in [0.717, 1.165) is 18.7 Å². The lowest BCUT2D eigenvalue weighted by Gasteiger charge is -2.17. The molecular weight excluding hydrogens is 248 g/mol. The minimum Gasteiger partial charge on any atom is -0.488 e. The van der Waals surface area contributed by atoms with Crippen LogP contribution in [-0.2, 0) is 6.42 Å². The molecule has 1 aromatic heterocycles. The Morgan fingerprint density at radius 1 is 1.30 bits per heavy atom. The molecule has 0 saturated carbocycles. The molecule has 3 rings (SSSR count). The number of aryl methyl sites for hydroxylation is 1. The van der Waals surface area contributed by atoms with Gasteiger partial charge in [0.1, 0.15) is 11.9 Å². The van der Waals surface area contributed by atoms with Crippen LogP contribution in [0.15, 0.2) is 42.7 Å². The number of hydrogen-bond acceptors (Lipinski definition) is 3. The zero-order valence-corrected chi connectivity index (χ0v) is 12.0. The van der Waals surface area contributed by atoms with E-state index >= 15 is 0 Å². The summed E-state index contributed by atoms with van der Waals surface area (Å²) in [5, 5.41) is 3.54. The van der Waals surface area contributed by atoms with E-state index in [-0.39, 0.29) is 6.10 Å². The summed E-state index contributed by atoms with van der Waals surface area (Å²) in [5.74, 6) is 1.04. The maximum atomic E-state index is 5.97. The molecule has 0 amide bonds. The van der Waals surface area contributed by atoms with Gasteiger partial charge in [-0.05, 0) is 43.2 Å². The largest absolute Gasteiger partial charge is 0.488 e. The molecule has 0 radical (unpaired) electrons. The fourth-order valence-electron chi connectivity index (χ4n) is 2.64. The molecule has 0 saturated heterocycles. The Labute approximate surface area is 120 Å². The average Bonchev–Trinajstić information content (AvgIpc) is 2.87.